The molecule has 32 heavy (non-hydrogen) atoms. The number of aryl methyl sites for hydroxylation is 1. The van der Waals surface area contributed by atoms with Gasteiger partial charge in [0.2, 0.25) is 0 Å². The van der Waals surface area contributed by atoms with E-state index in [0.717, 1.165) is 12.8 Å². The molecular weight excluding hydrogens is 430 g/mol. The van der Waals surface area contributed by atoms with Crippen molar-refractivity contribution in [1.29, 1.82) is 0 Å². The molecule has 0 unspecified atom stereocenters. The number of benzene rings is 1. The van der Waals surface area contributed by atoms with Crippen LogP contribution in [0.5, 0.6) is 0 Å². The fraction of sp³-hybridized carbons (Fsp3) is 0.458. The van der Waals surface area contributed by atoms with Crippen molar-refractivity contribution in [3.63, 3.8) is 0 Å². The second-order valence-corrected chi connectivity index (χ2v) is 9.12. The topological polar surface area (TPSA) is 72.0 Å². The average Bonchev–Trinajstić information content (AvgIpc) is 2.76. The molecule has 3 rings (SSSR count). The first-order valence-corrected chi connectivity index (χ1v) is 11.2. The lowest BCUT2D eigenvalue weighted by Crippen LogP contribution is -2.50. The fourth-order valence-electron chi connectivity index (χ4n) is 3.37. The molecule has 0 saturated carbocycles. The Hall–Kier alpha value is -2.80. The van der Waals surface area contributed by atoms with Crippen molar-refractivity contribution in [3.8, 4) is 0 Å². The Morgan fingerprint density at radius 1 is 1.09 bits per heavy atom. The lowest BCUT2D eigenvalue weighted by molar-refractivity contribution is 0.0240. The maximum atomic E-state index is 12.3. The molecule has 7 nitrogen and oxygen atoms in total. The van der Waals surface area contributed by atoms with Crippen LogP contribution in [0.15, 0.2) is 42.6 Å². The molecule has 8 heteroatoms. The van der Waals surface area contributed by atoms with E-state index in [1.807, 2.05) is 43.9 Å². The minimum Gasteiger partial charge on any atom is -0.462 e. The molecule has 172 valence electrons. The normalized spacial score (nSPS) is 14.2. The van der Waals surface area contributed by atoms with E-state index in [4.69, 9.17) is 21.1 Å². The standard InChI is InChI=1S/C24H30ClN3O4/c1-24(2,3)32-23(30)28-13-11-27(12-14-28)21-20(25)16-19(17-26-21)22(29)31-15-7-10-18-8-5-4-6-9-18/h4-6,8-9,16-17H,7,10-15H2,1-3H3. The number of halogens is 1. The molecule has 1 aliphatic heterocycles. The molecule has 0 bridgehead atoms. The van der Waals surface area contributed by atoms with Crippen LogP contribution in [0.1, 0.15) is 43.1 Å². The molecule has 1 aliphatic rings. The van der Waals surface area contributed by atoms with Gasteiger partial charge in [-0.05, 0) is 45.2 Å². The second-order valence-electron chi connectivity index (χ2n) is 8.71. The van der Waals surface area contributed by atoms with Gasteiger partial charge in [-0.2, -0.15) is 0 Å². The van der Waals surface area contributed by atoms with Gasteiger partial charge in [0.25, 0.3) is 0 Å². The molecule has 0 aliphatic carbocycles. The number of hydrogen-bond acceptors (Lipinski definition) is 6. The third-order valence-electron chi connectivity index (χ3n) is 4.97. The van der Waals surface area contributed by atoms with Gasteiger partial charge in [-0.25, -0.2) is 14.6 Å². The van der Waals surface area contributed by atoms with Gasteiger partial charge in [0.05, 0.1) is 17.2 Å². The number of esters is 1. The number of nitrogens with zero attached hydrogens (tertiary/aromatic N) is 3. The summed E-state index contributed by atoms with van der Waals surface area (Å²) in [6, 6.07) is 11.7. The van der Waals surface area contributed by atoms with E-state index in [-0.39, 0.29) is 6.09 Å². The Morgan fingerprint density at radius 3 is 2.41 bits per heavy atom. The van der Waals surface area contributed by atoms with E-state index in [1.54, 1.807) is 11.0 Å². The molecule has 1 saturated heterocycles. The number of piperazine rings is 1. The Kier molecular flexibility index (Phi) is 7.96. The molecule has 1 aromatic carbocycles. The van der Waals surface area contributed by atoms with Gasteiger partial charge in [0.1, 0.15) is 11.4 Å². The number of aromatic nitrogens is 1. The molecule has 0 spiro atoms. The fourth-order valence-corrected chi connectivity index (χ4v) is 3.66. The maximum Gasteiger partial charge on any atom is 0.410 e. The number of pyridine rings is 1. The first-order valence-electron chi connectivity index (χ1n) is 10.8. The molecule has 1 fully saturated rings. The molecule has 1 aromatic heterocycles. The summed E-state index contributed by atoms with van der Waals surface area (Å²) in [5.41, 5.74) is 1.01. The molecule has 2 aromatic rings. The lowest BCUT2D eigenvalue weighted by Gasteiger charge is -2.36. The Balaban J connectivity index is 1.48. The largest absolute Gasteiger partial charge is 0.462 e. The van der Waals surface area contributed by atoms with Crippen LogP contribution >= 0.6 is 11.6 Å². The maximum absolute atomic E-state index is 12.3. The lowest BCUT2D eigenvalue weighted by atomic mass is 10.1. The first-order chi connectivity index (χ1) is 15.2. The van der Waals surface area contributed by atoms with E-state index in [1.165, 1.54) is 11.8 Å². The van der Waals surface area contributed by atoms with Crippen LogP contribution in [0.4, 0.5) is 10.6 Å². The Labute approximate surface area is 194 Å². The minimum absolute atomic E-state index is 0.318. The highest BCUT2D eigenvalue weighted by atomic mass is 35.5. The summed E-state index contributed by atoms with van der Waals surface area (Å²) >= 11 is 6.42. The van der Waals surface area contributed by atoms with Crippen molar-refractivity contribution in [2.75, 3.05) is 37.7 Å². The van der Waals surface area contributed by atoms with E-state index < -0.39 is 11.6 Å². The van der Waals surface area contributed by atoms with Crippen molar-refractivity contribution in [3.05, 3.63) is 58.7 Å². The van der Waals surface area contributed by atoms with Crippen LogP contribution in [0, 0.1) is 0 Å². The molecule has 2 heterocycles. The highest BCUT2D eigenvalue weighted by Crippen LogP contribution is 2.26. The second kappa shape index (κ2) is 10.7. The number of rotatable bonds is 6. The molecule has 1 amide bonds. The van der Waals surface area contributed by atoms with Gasteiger partial charge in [-0.15, -0.1) is 0 Å². The van der Waals surface area contributed by atoms with Crippen LogP contribution in [-0.4, -0.2) is 60.3 Å². The summed E-state index contributed by atoms with van der Waals surface area (Å²) in [6.45, 7) is 8.06. The van der Waals surface area contributed by atoms with Crippen molar-refractivity contribution >= 4 is 29.5 Å². The van der Waals surface area contributed by atoms with Crippen molar-refractivity contribution in [2.24, 2.45) is 0 Å². The van der Waals surface area contributed by atoms with Gasteiger partial charge in [-0.1, -0.05) is 41.9 Å². The zero-order valence-electron chi connectivity index (χ0n) is 18.8. The van der Waals surface area contributed by atoms with Crippen LogP contribution in [0.25, 0.3) is 0 Å². The highest BCUT2D eigenvalue weighted by Gasteiger charge is 2.27. The van der Waals surface area contributed by atoms with Gasteiger partial charge >= 0.3 is 12.1 Å². The predicted octanol–water partition coefficient (Wildman–Crippen LogP) is 4.58. The number of anilines is 1. The Morgan fingerprint density at radius 2 is 1.78 bits per heavy atom. The van der Waals surface area contributed by atoms with Crippen molar-refractivity contribution < 1.29 is 19.1 Å². The summed E-state index contributed by atoms with van der Waals surface area (Å²) in [4.78, 5) is 32.6. The van der Waals surface area contributed by atoms with E-state index in [0.29, 0.717) is 49.2 Å². The number of ether oxygens (including phenoxy) is 2. The predicted molar refractivity (Wildman–Crippen MR) is 124 cm³/mol. The first kappa shape index (κ1) is 23.9. The van der Waals surface area contributed by atoms with Gasteiger partial charge in [0.15, 0.2) is 0 Å². The number of carbonyl (C=O) groups excluding carboxylic acids is 2. The summed E-state index contributed by atoms with van der Waals surface area (Å²) < 4.78 is 10.8. The minimum atomic E-state index is -0.523. The summed E-state index contributed by atoms with van der Waals surface area (Å²) in [6.07, 6.45) is 2.76. The van der Waals surface area contributed by atoms with E-state index in [9.17, 15) is 9.59 Å². The monoisotopic (exact) mass is 459 g/mol. The summed E-state index contributed by atoms with van der Waals surface area (Å²) in [7, 11) is 0. The van der Waals surface area contributed by atoms with Crippen molar-refractivity contribution in [2.45, 2.75) is 39.2 Å². The van der Waals surface area contributed by atoms with E-state index in [2.05, 4.69) is 17.1 Å². The summed E-state index contributed by atoms with van der Waals surface area (Å²) in [5, 5.41) is 0.384. The average molecular weight is 460 g/mol. The summed E-state index contributed by atoms with van der Waals surface area (Å²) in [5.74, 6) is 0.157. The van der Waals surface area contributed by atoms with Crippen molar-refractivity contribution in [1.82, 2.24) is 9.88 Å². The molecular formula is C24H30ClN3O4. The quantitative estimate of drug-likeness (QED) is 0.465. The van der Waals surface area contributed by atoms with E-state index >= 15 is 0 Å². The van der Waals surface area contributed by atoms with Gasteiger partial charge in [0, 0.05) is 32.4 Å². The smallest absolute Gasteiger partial charge is 0.410 e. The zero-order valence-corrected chi connectivity index (χ0v) is 19.6. The molecule has 0 atom stereocenters. The third-order valence-corrected chi connectivity index (χ3v) is 5.25. The number of amides is 1. The van der Waals surface area contributed by atoms with Crippen LogP contribution in [0.3, 0.4) is 0 Å². The van der Waals surface area contributed by atoms with Crippen LogP contribution in [0.2, 0.25) is 5.02 Å². The van der Waals surface area contributed by atoms with Gasteiger partial charge < -0.3 is 19.3 Å². The number of hydrogen-bond donors (Lipinski definition) is 0. The van der Waals surface area contributed by atoms with Gasteiger partial charge in [-0.3, -0.25) is 0 Å². The SMILES string of the molecule is CC(C)(C)OC(=O)N1CCN(c2ncc(C(=O)OCCCc3ccccc3)cc2Cl)CC1. The molecule has 0 radical (unpaired) electrons. The van der Waals surface area contributed by atoms with Crippen LogP contribution in [-0.2, 0) is 15.9 Å². The van der Waals surface area contributed by atoms with Crippen LogP contribution < -0.4 is 4.90 Å². The third kappa shape index (κ3) is 6.85. The number of carbonyl (C=O) groups is 2. The Bertz CT molecular complexity index is 923. The highest BCUT2D eigenvalue weighted by molar-refractivity contribution is 6.33. The zero-order chi connectivity index (χ0) is 23.1. The molecule has 0 N–H and O–H groups in total.